The molecule has 1 aromatic carbocycles. The number of anilines is 2. The molecule has 21 heavy (non-hydrogen) atoms. The molecular weight excluding hydrogens is 264 g/mol. The molecule has 0 spiro atoms. The van der Waals surface area contributed by atoms with E-state index in [1.54, 1.807) is 6.07 Å². The zero-order chi connectivity index (χ0) is 15.6. The van der Waals surface area contributed by atoms with Gasteiger partial charge < -0.3 is 20.4 Å². The Bertz CT molecular complexity index is 515. The van der Waals surface area contributed by atoms with E-state index in [1.807, 2.05) is 43.1 Å². The van der Waals surface area contributed by atoms with Crippen LogP contribution < -0.4 is 10.6 Å². The van der Waals surface area contributed by atoms with Crippen molar-refractivity contribution in [1.29, 1.82) is 0 Å². The average molecular weight is 290 g/mol. The molecule has 116 valence electrons. The zero-order valence-corrected chi connectivity index (χ0v) is 13.5. The molecule has 1 saturated heterocycles. The third-order valence-corrected chi connectivity index (χ3v) is 4.24. The van der Waals surface area contributed by atoms with E-state index in [0.29, 0.717) is 17.3 Å². The highest BCUT2D eigenvalue weighted by Crippen LogP contribution is 2.23. The van der Waals surface area contributed by atoms with Crippen LogP contribution in [0.3, 0.4) is 0 Å². The number of carbonyl (C=O) groups is 1. The lowest BCUT2D eigenvalue weighted by atomic mass is 10.1. The predicted molar refractivity (Wildman–Crippen MR) is 87.8 cm³/mol. The van der Waals surface area contributed by atoms with Gasteiger partial charge in [-0.05, 0) is 44.6 Å². The van der Waals surface area contributed by atoms with Gasteiger partial charge >= 0.3 is 0 Å². The van der Waals surface area contributed by atoms with Crippen LogP contribution in [0.1, 0.15) is 23.2 Å². The molecule has 1 atom stereocenters. The van der Waals surface area contributed by atoms with E-state index in [0.717, 1.165) is 25.2 Å². The summed E-state index contributed by atoms with van der Waals surface area (Å²) in [6.45, 7) is 1.88. The summed E-state index contributed by atoms with van der Waals surface area (Å²) in [4.78, 5) is 18.8. The second-order valence-electron chi connectivity index (χ2n) is 6.13. The molecule has 5 heteroatoms. The molecule has 1 amide bonds. The second kappa shape index (κ2) is 6.35. The minimum atomic E-state index is 0.0336. The SMILES string of the molecule is CN(CC1CCCN1C)C(=O)c1cc(N)ccc1N(C)C. The largest absolute Gasteiger partial charge is 0.399 e. The number of likely N-dealkylation sites (N-methyl/N-ethyl adjacent to an activating group) is 2. The molecule has 0 bridgehead atoms. The first-order valence-corrected chi connectivity index (χ1v) is 7.42. The van der Waals surface area contributed by atoms with Crippen LogP contribution in [0.5, 0.6) is 0 Å². The summed E-state index contributed by atoms with van der Waals surface area (Å²) in [7, 11) is 7.87. The van der Waals surface area contributed by atoms with Crippen LogP contribution in [-0.4, -0.2) is 63.0 Å². The van der Waals surface area contributed by atoms with Crippen molar-refractivity contribution in [2.75, 3.05) is 51.9 Å². The lowest BCUT2D eigenvalue weighted by molar-refractivity contribution is 0.0762. The predicted octanol–water partition coefficient (Wildman–Crippen LogP) is 1.50. The summed E-state index contributed by atoms with van der Waals surface area (Å²) >= 11 is 0. The number of carbonyl (C=O) groups excluding carboxylic acids is 1. The average Bonchev–Trinajstić information content (AvgIpc) is 2.83. The van der Waals surface area contributed by atoms with Crippen molar-refractivity contribution in [2.24, 2.45) is 0 Å². The number of hydrogen-bond acceptors (Lipinski definition) is 4. The molecule has 1 unspecified atom stereocenters. The van der Waals surface area contributed by atoms with Gasteiger partial charge in [0.15, 0.2) is 0 Å². The maximum Gasteiger partial charge on any atom is 0.255 e. The molecule has 1 aromatic rings. The number of hydrogen-bond donors (Lipinski definition) is 1. The van der Waals surface area contributed by atoms with Crippen molar-refractivity contribution in [3.8, 4) is 0 Å². The monoisotopic (exact) mass is 290 g/mol. The third kappa shape index (κ3) is 3.47. The molecule has 2 N–H and O–H groups in total. The topological polar surface area (TPSA) is 52.8 Å². The minimum absolute atomic E-state index is 0.0336. The smallest absolute Gasteiger partial charge is 0.255 e. The van der Waals surface area contributed by atoms with Crippen LogP contribution in [0, 0.1) is 0 Å². The highest BCUT2D eigenvalue weighted by molar-refractivity contribution is 6.00. The number of benzene rings is 1. The third-order valence-electron chi connectivity index (χ3n) is 4.24. The molecule has 2 rings (SSSR count). The first-order chi connectivity index (χ1) is 9.90. The zero-order valence-electron chi connectivity index (χ0n) is 13.5. The van der Waals surface area contributed by atoms with Gasteiger partial charge in [0.05, 0.1) is 5.56 Å². The summed E-state index contributed by atoms with van der Waals surface area (Å²) in [5, 5.41) is 0. The van der Waals surface area contributed by atoms with Gasteiger partial charge in [-0.1, -0.05) is 0 Å². The van der Waals surface area contributed by atoms with Crippen molar-refractivity contribution >= 4 is 17.3 Å². The van der Waals surface area contributed by atoms with Crippen molar-refractivity contribution < 1.29 is 4.79 Å². The summed E-state index contributed by atoms with van der Waals surface area (Å²) in [5.74, 6) is 0.0336. The van der Waals surface area contributed by atoms with Crippen molar-refractivity contribution in [1.82, 2.24) is 9.80 Å². The van der Waals surface area contributed by atoms with Gasteiger partial charge in [-0.2, -0.15) is 0 Å². The first kappa shape index (κ1) is 15.6. The molecule has 0 saturated carbocycles. The summed E-state index contributed by atoms with van der Waals surface area (Å²) in [6.07, 6.45) is 2.37. The molecule has 0 aliphatic carbocycles. The number of likely N-dealkylation sites (tertiary alicyclic amines) is 1. The van der Waals surface area contributed by atoms with E-state index in [1.165, 1.54) is 6.42 Å². The van der Waals surface area contributed by atoms with Gasteiger partial charge in [-0.3, -0.25) is 4.79 Å². The molecule has 1 aliphatic rings. The Morgan fingerprint density at radius 2 is 2.10 bits per heavy atom. The summed E-state index contributed by atoms with van der Waals surface area (Å²) in [5.41, 5.74) is 8.05. The molecule has 5 nitrogen and oxygen atoms in total. The molecular formula is C16H26N4O. The Morgan fingerprint density at radius 3 is 2.67 bits per heavy atom. The Labute approximate surface area is 127 Å². The maximum atomic E-state index is 12.7. The Kier molecular flexibility index (Phi) is 4.73. The molecule has 0 aromatic heterocycles. The first-order valence-electron chi connectivity index (χ1n) is 7.42. The molecule has 1 aliphatic heterocycles. The maximum absolute atomic E-state index is 12.7. The number of nitrogens with two attached hydrogens (primary N) is 1. The van der Waals surface area contributed by atoms with Crippen LogP contribution in [0.25, 0.3) is 0 Å². The van der Waals surface area contributed by atoms with Gasteiger partial charge in [0.2, 0.25) is 0 Å². The van der Waals surface area contributed by atoms with E-state index < -0.39 is 0 Å². The van der Waals surface area contributed by atoms with E-state index >= 15 is 0 Å². The van der Waals surface area contributed by atoms with E-state index in [2.05, 4.69) is 11.9 Å². The standard InChI is InChI=1S/C16H26N4O/c1-18(2)15-8-7-12(17)10-14(15)16(21)20(4)11-13-6-5-9-19(13)3/h7-8,10,13H,5-6,9,11,17H2,1-4H3. The van der Waals surface area contributed by atoms with Crippen LogP contribution in [0.2, 0.25) is 0 Å². The molecule has 1 fully saturated rings. The highest BCUT2D eigenvalue weighted by Gasteiger charge is 2.25. The fraction of sp³-hybridized carbons (Fsp3) is 0.562. The van der Waals surface area contributed by atoms with Crippen molar-refractivity contribution in [3.63, 3.8) is 0 Å². The van der Waals surface area contributed by atoms with Gasteiger partial charge in [0.25, 0.3) is 5.91 Å². The Balaban J connectivity index is 2.17. The lowest BCUT2D eigenvalue weighted by Gasteiger charge is -2.27. The fourth-order valence-corrected chi connectivity index (χ4v) is 2.93. The van der Waals surface area contributed by atoms with Crippen molar-refractivity contribution in [2.45, 2.75) is 18.9 Å². The molecule has 1 heterocycles. The summed E-state index contributed by atoms with van der Waals surface area (Å²) < 4.78 is 0. The number of rotatable bonds is 4. The lowest BCUT2D eigenvalue weighted by Crippen LogP contribution is -2.39. The van der Waals surface area contributed by atoms with Gasteiger partial charge in [-0.15, -0.1) is 0 Å². The highest BCUT2D eigenvalue weighted by atomic mass is 16.2. The van der Waals surface area contributed by atoms with E-state index in [-0.39, 0.29) is 5.91 Å². The van der Waals surface area contributed by atoms with Gasteiger partial charge in [-0.25, -0.2) is 0 Å². The minimum Gasteiger partial charge on any atom is -0.399 e. The number of amides is 1. The van der Waals surface area contributed by atoms with E-state index in [9.17, 15) is 4.79 Å². The fourth-order valence-electron chi connectivity index (χ4n) is 2.93. The quantitative estimate of drug-likeness (QED) is 0.854. The van der Waals surface area contributed by atoms with Gasteiger partial charge in [0.1, 0.15) is 0 Å². The van der Waals surface area contributed by atoms with Crippen LogP contribution in [-0.2, 0) is 0 Å². The van der Waals surface area contributed by atoms with Crippen LogP contribution >= 0.6 is 0 Å². The Morgan fingerprint density at radius 1 is 1.38 bits per heavy atom. The van der Waals surface area contributed by atoms with E-state index in [4.69, 9.17) is 5.73 Å². The summed E-state index contributed by atoms with van der Waals surface area (Å²) in [6, 6.07) is 5.96. The second-order valence-corrected chi connectivity index (χ2v) is 6.13. The van der Waals surface area contributed by atoms with Crippen LogP contribution in [0.15, 0.2) is 18.2 Å². The van der Waals surface area contributed by atoms with Gasteiger partial charge in [0, 0.05) is 45.1 Å². The van der Waals surface area contributed by atoms with Crippen molar-refractivity contribution in [3.05, 3.63) is 23.8 Å². The molecule has 0 radical (unpaired) electrons. The Hall–Kier alpha value is -1.75. The number of nitrogens with zero attached hydrogens (tertiary/aromatic N) is 3. The normalized spacial score (nSPS) is 18.8. The van der Waals surface area contributed by atoms with Crippen LogP contribution in [0.4, 0.5) is 11.4 Å². The number of nitrogen functional groups attached to an aromatic ring is 1.